The highest BCUT2D eigenvalue weighted by Crippen LogP contribution is 2.37. The molecule has 1 aromatic rings. The Morgan fingerprint density at radius 1 is 1.37 bits per heavy atom. The first-order valence-electron chi connectivity index (χ1n) is 6.79. The Morgan fingerprint density at radius 2 is 2.11 bits per heavy atom. The number of hydrogen-bond acceptors (Lipinski definition) is 3. The number of ether oxygens (including phenoxy) is 1. The molecule has 0 aliphatic carbocycles. The van der Waals surface area contributed by atoms with Crippen molar-refractivity contribution in [1.29, 1.82) is 0 Å². The Hall–Kier alpha value is -0.770. The molecule has 0 amide bonds. The lowest BCUT2D eigenvalue weighted by molar-refractivity contribution is -0.0293. The van der Waals surface area contributed by atoms with Crippen molar-refractivity contribution in [3.05, 3.63) is 28.8 Å². The molecule has 2 unspecified atom stereocenters. The van der Waals surface area contributed by atoms with Gasteiger partial charge in [0.2, 0.25) is 0 Å². The molecule has 0 aromatic heterocycles. The van der Waals surface area contributed by atoms with Crippen molar-refractivity contribution in [2.75, 3.05) is 18.9 Å². The van der Waals surface area contributed by atoms with Crippen LogP contribution in [0, 0.1) is 5.41 Å². The van der Waals surface area contributed by atoms with Crippen LogP contribution >= 0.6 is 11.6 Å². The number of anilines is 1. The summed E-state index contributed by atoms with van der Waals surface area (Å²) in [4.78, 5) is 0. The van der Waals surface area contributed by atoms with Gasteiger partial charge in [-0.15, -0.1) is 0 Å². The minimum Gasteiger partial charge on any atom is -0.399 e. The molecule has 2 rings (SSSR count). The number of halogens is 1. The maximum Gasteiger partial charge on any atom is 0.0818 e. The summed E-state index contributed by atoms with van der Waals surface area (Å²) in [6.07, 6.45) is 1.09. The molecule has 0 radical (unpaired) electrons. The van der Waals surface area contributed by atoms with Crippen molar-refractivity contribution < 1.29 is 4.74 Å². The third kappa shape index (κ3) is 3.41. The van der Waals surface area contributed by atoms with Gasteiger partial charge in [0.25, 0.3) is 0 Å². The molecule has 1 aromatic carbocycles. The molecule has 3 N–H and O–H groups in total. The lowest BCUT2D eigenvalue weighted by Crippen LogP contribution is -2.40. The number of hydrogen-bond donors (Lipinski definition) is 2. The predicted octanol–water partition coefficient (Wildman–Crippen LogP) is 3.39. The van der Waals surface area contributed by atoms with E-state index in [1.54, 1.807) is 0 Å². The van der Waals surface area contributed by atoms with Crippen molar-refractivity contribution in [2.24, 2.45) is 5.41 Å². The zero-order valence-electron chi connectivity index (χ0n) is 11.9. The molecule has 1 heterocycles. The summed E-state index contributed by atoms with van der Waals surface area (Å²) < 4.78 is 6.07. The zero-order valence-corrected chi connectivity index (χ0v) is 12.6. The Morgan fingerprint density at radius 3 is 2.79 bits per heavy atom. The summed E-state index contributed by atoms with van der Waals surface area (Å²) >= 11 is 6.35. The van der Waals surface area contributed by atoms with Crippen LogP contribution in [0.1, 0.15) is 38.8 Å². The van der Waals surface area contributed by atoms with Gasteiger partial charge in [0.15, 0.2) is 0 Å². The molecule has 0 saturated carbocycles. The molecule has 0 bridgehead atoms. The van der Waals surface area contributed by atoms with Crippen LogP contribution in [0.5, 0.6) is 0 Å². The molecule has 3 nitrogen and oxygen atoms in total. The van der Waals surface area contributed by atoms with Crippen LogP contribution < -0.4 is 11.1 Å². The van der Waals surface area contributed by atoms with Gasteiger partial charge in [0.1, 0.15) is 0 Å². The van der Waals surface area contributed by atoms with E-state index >= 15 is 0 Å². The molecule has 2 atom stereocenters. The first kappa shape index (κ1) is 14.6. The van der Waals surface area contributed by atoms with E-state index in [0.717, 1.165) is 35.8 Å². The minimum atomic E-state index is 0.0376. The van der Waals surface area contributed by atoms with E-state index in [-0.39, 0.29) is 17.6 Å². The third-order valence-electron chi connectivity index (χ3n) is 3.49. The van der Waals surface area contributed by atoms with Gasteiger partial charge in [0, 0.05) is 17.3 Å². The van der Waals surface area contributed by atoms with Gasteiger partial charge in [0.05, 0.1) is 12.1 Å². The van der Waals surface area contributed by atoms with Gasteiger partial charge in [-0.1, -0.05) is 32.4 Å². The Bertz CT molecular complexity index is 442. The topological polar surface area (TPSA) is 47.3 Å². The third-order valence-corrected chi connectivity index (χ3v) is 3.84. The number of benzene rings is 1. The molecule has 1 aliphatic heterocycles. The predicted molar refractivity (Wildman–Crippen MR) is 80.4 cm³/mol. The Kier molecular flexibility index (Phi) is 4.39. The first-order chi connectivity index (χ1) is 8.89. The van der Waals surface area contributed by atoms with Crippen LogP contribution in [-0.2, 0) is 4.74 Å². The van der Waals surface area contributed by atoms with E-state index in [2.05, 4.69) is 26.1 Å². The maximum atomic E-state index is 6.35. The summed E-state index contributed by atoms with van der Waals surface area (Å²) in [6, 6.07) is 5.72. The van der Waals surface area contributed by atoms with Crippen molar-refractivity contribution in [1.82, 2.24) is 5.32 Å². The molecular formula is C15H23ClN2O. The van der Waals surface area contributed by atoms with Gasteiger partial charge in [-0.05, 0) is 42.1 Å². The van der Waals surface area contributed by atoms with Crippen molar-refractivity contribution in [3.63, 3.8) is 0 Å². The summed E-state index contributed by atoms with van der Waals surface area (Å²) in [5, 5.41) is 4.30. The number of nitrogens with one attached hydrogen (secondary N) is 1. The summed E-state index contributed by atoms with van der Waals surface area (Å²) in [7, 11) is 0. The van der Waals surface area contributed by atoms with E-state index in [9.17, 15) is 0 Å². The summed E-state index contributed by atoms with van der Waals surface area (Å²) in [6.45, 7) is 8.29. The molecule has 0 spiro atoms. The molecule has 1 aliphatic rings. The Labute approximate surface area is 120 Å². The average Bonchev–Trinajstić information content (AvgIpc) is 2.57. The minimum absolute atomic E-state index is 0.0376. The van der Waals surface area contributed by atoms with Crippen LogP contribution in [-0.4, -0.2) is 19.3 Å². The maximum absolute atomic E-state index is 6.35. The molecule has 19 heavy (non-hydrogen) atoms. The van der Waals surface area contributed by atoms with E-state index in [1.807, 2.05) is 18.2 Å². The van der Waals surface area contributed by atoms with Crippen LogP contribution in [0.15, 0.2) is 18.2 Å². The molecule has 106 valence electrons. The number of nitrogen functional groups attached to an aromatic ring is 1. The van der Waals surface area contributed by atoms with E-state index in [1.165, 1.54) is 0 Å². The van der Waals surface area contributed by atoms with E-state index in [0.29, 0.717) is 0 Å². The van der Waals surface area contributed by atoms with Crippen LogP contribution in [0.4, 0.5) is 5.69 Å². The Balaban J connectivity index is 2.39. The van der Waals surface area contributed by atoms with Gasteiger partial charge in [-0.25, -0.2) is 0 Å². The fraction of sp³-hybridized carbons (Fsp3) is 0.600. The molecule has 4 heteroatoms. The standard InChI is InChI=1S/C15H23ClN2O/c1-15(2,3)14-13(18-7-4-8-19-14)11-9-10(17)5-6-12(11)16/h5-6,9,13-14,18H,4,7-8,17H2,1-3H3. The van der Waals surface area contributed by atoms with Crippen molar-refractivity contribution in [2.45, 2.75) is 39.3 Å². The highest BCUT2D eigenvalue weighted by molar-refractivity contribution is 6.31. The zero-order chi connectivity index (χ0) is 14.0. The monoisotopic (exact) mass is 282 g/mol. The van der Waals surface area contributed by atoms with Crippen molar-refractivity contribution >= 4 is 17.3 Å². The highest BCUT2D eigenvalue weighted by atomic mass is 35.5. The summed E-state index contributed by atoms with van der Waals surface area (Å²) in [5.41, 5.74) is 7.70. The lowest BCUT2D eigenvalue weighted by Gasteiger charge is -2.36. The largest absolute Gasteiger partial charge is 0.399 e. The van der Waals surface area contributed by atoms with Crippen molar-refractivity contribution in [3.8, 4) is 0 Å². The van der Waals surface area contributed by atoms with Crippen LogP contribution in [0.3, 0.4) is 0 Å². The normalized spacial score (nSPS) is 25.1. The van der Waals surface area contributed by atoms with Gasteiger partial charge < -0.3 is 15.8 Å². The lowest BCUT2D eigenvalue weighted by atomic mass is 9.82. The highest BCUT2D eigenvalue weighted by Gasteiger charge is 2.36. The SMILES string of the molecule is CC(C)(C)C1OCCCNC1c1cc(N)ccc1Cl. The molecule has 1 saturated heterocycles. The van der Waals surface area contributed by atoms with Crippen LogP contribution in [0.25, 0.3) is 0 Å². The van der Waals surface area contributed by atoms with Gasteiger partial charge >= 0.3 is 0 Å². The molecule has 1 fully saturated rings. The summed E-state index contributed by atoms with van der Waals surface area (Å²) in [5.74, 6) is 0. The fourth-order valence-electron chi connectivity index (χ4n) is 2.57. The number of rotatable bonds is 1. The van der Waals surface area contributed by atoms with Gasteiger partial charge in [-0.2, -0.15) is 0 Å². The second-order valence-electron chi connectivity index (χ2n) is 6.22. The van der Waals surface area contributed by atoms with E-state index < -0.39 is 0 Å². The van der Waals surface area contributed by atoms with E-state index in [4.69, 9.17) is 22.1 Å². The number of nitrogens with two attached hydrogens (primary N) is 1. The van der Waals surface area contributed by atoms with Gasteiger partial charge in [-0.3, -0.25) is 0 Å². The average molecular weight is 283 g/mol. The molecular weight excluding hydrogens is 260 g/mol. The fourth-order valence-corrected chi connectivity index (χ4v) is 2.80. The second kappa shape index (κ2) is 5.70. The second-order valence-corrected chi connectivity index (χ2v) is 6.63. The van der Waals surface area contributed by atoms with Crippen LogP contribution in [0.2, 0.25) is 5.02 Å². The quantitative estimate of drug-likeness (QED) is 0.776. The first-order valence-corrected chi connectivity index (χ1v) is 7.17. The smallest absolute Gasteiger partial charge is 0.0818 e.